The smallest absolute Gasteiger partial charge is 0.380 e. The molecule has 0 radical (unpaired) electrons. The van der Waals surface area contributed by atoms with Gasteiger partial charge in [0, 0.05) is 36.2 Å². The number of piperidine rings is 1. The van der Waals surface area contributed by atoms with Gasteiger partial charge in [-0.25, -0.2) is 14.4 Å². The molecule has 37 heavy (non-hydrogen) atoms. The quantitative estimate of drug-likeness (QED) is 0.508. The van der Waals surface area contributed by atoms with Crippen molar-refractivity contribution in [3.8, 4) is 0 Å². The van der Waals surface area contributed by atoms with Crippen LogP contribution in [0.5, 0.6) is 0 Å². The number of carbonyl (C=O) groups is 1. The van der Waals surface area contributed by atoms with Gasteiger partial charge in [-0.05, 0) is 43.5 Å². The van der Waals surface area contributed by atoms with Crippen LogP contribution in [-0.4, -0.2) is 52.1 Å². The molecular weight excluding hydrogens is 494 g/mol. The number of carbonyl (C=O) groups excluding carboxylic acids is 1. The maximum Gasteiger partial charge on any atom is 0.433 e. The molecule has 0 saturated carbocycles. The van der Waals surface area contributed by atoms with Gasteiger partial charge in [0.1, 0.15) is 11.6 Å². The van der Waals surface area contributed by atoms with Crippen LogP contribution in [0.4, 0.5) is 23.2 Å². The van der Waals surface area contributed by atoms with Crippen LogP contribution >= 0.6 is 0 Å². The number of benzene rings is 1. The first kappa shape index (κ1) is 25.1. The number of aromatic nitrogens is 3. The Labute approximate surface area is 209 Å². The summed E-state index contributed by atoms with van der Waals surface area (Å²) < 4.78 is 61.3. The van der Waals surface area contributed by atoms with Gasteiger partial charge < -0.3 is 19.9 Å². The Morgan fingerprint density at radius 3 is 2.68 bits per heavy atom. The van der Waals surface area contributed by atoms with E-state index in [0.29, 0.717) is 26.3 Å². The zero-order chi connectivity index (χ0) is 26.5. The zero-order valence-electron chi connectivity index (χ0n) is 20.2. The maximum absolute atomic E-state index is 14.9. The molecule has 1 amide bonds. The molecule has 2 aromatic heterocycles. The van der Waals surface area contributed by atoms with Crippen molar-refractivity contribution in [2.75, 3.05) is 31.6 Å². The number of anilines is 1. The Hall–Kier alpha value is -3.54. The molecule has 3 aromatic rings. The fraction of sp³-hybridized carbons (Fsp3) is 0.440. The minimum absolute atomic E-state index is 0.0482. The number of likely N-dealkylation sites (tertiary alicyclic amines) is 1. The third kappa shape index (κ3) is 4.89. The fourth-order valence-electron chi connectivity index (χ4n) is 5.23. The molecule has 2 fully saturated rings. The lowest BCUT2D eigenvalue weighted by Crippen LogP contribution is -2.57. The van der Waals surface area contributed by atoms with Crippen LogP contribution in [0.3, 0.4) is 0 Å². The van der Waals surface area contributed by atoms with Crippen molar-refractivity contribution in [3.63, 3.8) is 0 Å². The molecule has 1 aromatic carbocycles. The van der Waals surface area contributed by atoms with Gasteiger partial charge in [0.15, 0.2) is 11.3 Å². The highest BCUT2D eigenvalue weighted by Gasteiger charge is 2.45. The van der Waals surface area contributed by atoms with E-state index in [1.165, 1.54) is 19.1 Å². The maximum atomic E-state index is 14.9. The Balaban J connectivity index is 1.37. The summed E-state index contributed by atoms with van der Waals surface area (Å²) in [6.45, 7) is 5.35. The molecule has 2 aliphatic heterocycles. The Bertz CT molecular complexity index is 1430. The van der Waals surface area contributed by atoms with Crippen molar-refractivity contribution < 1.29 is 27.1 Å². The molecule has 0 aliphatic carbocycles. The van der Waals surface area contributed by atoms with Gasteiger partial charge in [-0.15, -0.1) is 0 Å². The second-order valence-corrected chi connectivity index (χ2v) is 10.1. The molecule has 1 unspecified atom stereocenters. The second kappa shape index (κ2) is 9.09. The number of H-pyrrole nitrogens is 1. The third-order valence-electron chi connectivity index (χ3n) is 6.79. The number of nitrogens with one attached hydrogen (secondary N) is 2. The number of halogens is 4. The average molecular weight is 519 g/mol. The highest BCUT2D eigenvalue weighted by molar-refractivity contribution is 5.94. The molecule has 196 valence electrons. The molecule has 2 N–H and O–H groups in total. The van der Waals surface area contributed by atoms with E-state index >= 15 is 0 Å². The number of fused-ring (bicyclic) bond motifs is 1. The molecule has 1 atom stereocenters. The highest BCUT2D eigenvalue weighted by Crippen LogP contribution is 2.40. The summed E-state index contributed by atoms with van der Waals surface area (Å²) in [4.78, 5) is 36.9. The van der Waals surface area contributed by atoms with Crippen LogP contribution in [0.25, 0.3) is 11.0 Å². The van der Waals surface area contributed by atoms with Crippen LogP contribution < -0.4 is 10.9 Å². The number of hydrogen-bond acceptors (Lipinski definition) is 6. The Kier molecular flexibility index (Phi) is 6.17. The summed E-state index contributed by atoms with van der Waals surface area (Å²) in [5.41, 5.74) is -2.49. The van der Waals surface area contributed by atoms with Crippen LogP contribution in [0, 0.1) is 24.1 Å². The third-order valence-corrected chi connectivity index (χ3v) is 6.79. The van der Waals surface area contributed by atoms with Crippen LogP contribution in [-0.2, 0) is 17.5 Å². The van der Waals surface area contributed by atoms with E-state index in [0.717, 1.165) is 18.6 Å². The summed E-state index contributed by atoms with van der Waals surface area (Å²) in [5.74, 6) is -0.661. The topological polar surface area (TPSA) is 100 Å². The van der Waals surface area contributed by atoms with Crippen LogP contribution in [0.15, 0.2) is 29.1 Å². The number of alkyl halides is 3. The van der Waals surface area contributed by atoms with Crippen molar-refractivity contribution >= 4 is 22.6 Å². The molecule has 1 spiro atoms. The van der Waals surface area contributed by atoms with E-state index in [1.807, 2.05) is 0 Å². The number of hydrogen-bond donors (Lipinski definition) is 2. The van der Waals surface area contributed by atoms with E-state index in [-0.39, 0.29) is 50.9 Å². The first-order chi connectivity index (χ1) is 17.4. The largest absolute Gasteiger partial charge is 0.433 e. The summed E-state index contributed by atoms with van der Waals surface area (Å²) in [5, 5.41) is 2.52. The zero-order valence-corrected chi connectivity index (χ0v) is 20.2. The van der Waals surface area contributed by atoms with Crippen LogP contribution in [0.2, 0.25) is 0 Å². The van der Waals surface area contributed by atoms with E-state index in [4.69, 9.17) is 4.74 Å². The van der Waals surface area contributed by atoms with Gasteiger partial charge >= 0.3 is 6.18 Å². The monoisotopic (exact) mass is 519 g/mol. The fourth-order valence-corrected chi connectivity index (χ4v) is 5.23. The van der Waals surface area contributed by atoms with Gasteiger partial charge in [0.05, 0.1) is 24.3 Å². The van der Waals surface area contributed by atoms with E-state index in [2.05, 4.69) is 27.2 Å². The first-order valence-corrected chi connectivity index (χ1v) is 11.8. The summed E-state index contributed by atoms with van der Waals surface area (Å²) >= 11 is 0. The number of aryl methyl sites for hydroxylation is 1. The lowest BCUT2D eigenvalue weighted by molar-refractivity contribution is -0.147. The number of amides is 1. The molecule has 8 nitrogen and oxygen atoms in total. The number of pyridine rings is 1. The Morgan fingerprint density at radius 1 is 1.27 bits per heavy atom. The van der Waals surface area contributed by atoms with Crippen molar-refractivity contribution in [3.05, 3.63) is 63.1 Å². The number of aromatic amines is 1. The number of rotatable bonds is 4. The minimum Gasteiger partial charge on any atom is -0.380 e. The van der Waals surface area contributed by atoms with Crippen molar-refractivity contribution in [1.29, 1.82) is 0 Å². The molecule has 12 heteroatoms. The molecule has 5 rings (SSSR count). The lowest BCUT2D eigenvalue weighted by atomic mass is 9.74. The Morgan fingerprint density at radius 2 is 2.03 bits per heavy atom. The molecule has 4 heterocycles. The SMILES string of the molecule is Cc1nc2nc(C(F)(F)F)c(CNc3ccc(C(=O)N4CC(C)CC5(COC5)C4)cc3F)cc2c(=O)[nH]1. The predicted molar refractivity (Wildman–Crippen MR) is 127 cm³/mol. The van der Waals surface area contributed by atoms with Gasteiger partial charge in [-0.2, -0.15) is 13.2 Å². The standard InChI is InChI=1S/C25H25F4N5O3/c1-13-7-24(11-37-12-24)10-34(9-13)23(36)15-3-4-19(18(26)6-15)30-8-16-5-17-21(31-14(2)32-22(17)35)33-20(16)25(27,28)29/h3-6,13,30H,7-12H2,1-2H3,(H,31,32,33,35). The van der Waals surface area contributed by atoms with Gasteiger partial charge in [0.25, 0.3) is 11.5 Å². The molecular formula is C25H25F4N5O3. The van der Waals surface area contributed by atoms with Gasteiger partial charge in [-0.3, -0.25) is 9.59 Å². The average Bonchev–Trinajstić information content (AvgIpc) is 2.80. The van der Waals surface area contributed by atoms with Crippen molar-refractivity contribution in [2.45, 2.75) is 33.0 Å². The van der Waals surface area contributed by atoms with E-state index in [9.17, 15) is 27.2 Å². The summed E-state index contributed by atoms with van der Waals surface area (Å²) in [6, 6.07) is 4.89. The molecule has 2 aliphatic rings. The summed E-state index contributed by atoms with van der Waals surface area (Å²) in [6.07, 6.45) is -3.84. The highest BCUT2D eigenvalue weighted by atomic mass is 19.4. The predicted octanol–water partition coefficient (Wildman–Crippen LogP) is 3.90. The van der Waals surface area contributed by atoms with Crippen molar-refractivity contribution in [2.24, 2.45) is 11.3 Å². The first-order valence-electron chi connectivity index (χ1n) is 11.8. The van der Waals surface area contributed by atoms with Crippen molar-refractivity contribution in [1.82, 2.24) is 19.9 Å². The molecule has 2 saturated heterocycles. The second-order valence-electron chi connectivity index (χ2n) is 10.1. The van der Waals surface area contributed by atoms with E-state index < -0.39 is 29.8 Å². The normalized spacial score (nSPS) is 19.2. The number of nitrogens with zero attached hydrogens (tertiary/aromatic N) is 3. The van der Waals surface area contributed by atoms with Gasteiger partial charge in [0.2, 0.25) is 0 Å². The van der Waals surface area contributed by atoms with E-state index in [1.54, 1.807) is 4.90 Å². The minimum atomic E-state index is -4.81. The number of ether oxygens (including phenoxy) is 1. The molecule has 0 bridgehead atoms. The summed E-state index contributed by atoms with van der Waals surface area (Å²) in [7, 11) is 0. The van der Waals surface area contributed by atoms with Crippen LogP contribution in [0.1, 0.15) is 40.8 Å². The van der Waals surface area contributed by atoms with Gasteiger partial charge in [-0.1, -0.05) is 6.92 Å². The lowest BCUT2D eigenvalue weighted by Gasteiger charge is -2.50.